The fourth-order valence-electron chi connectivity index (χ4n) is 2.24. The molecule has 0 unspecified atom stereocenters. The van der Waals surface area contributed by atoms with Crippen LogP contribution in [0.1, 0.15) is 42.4 Å². The summed E-state index contributed by atoms with van der Waals surface area (Å²) in [7, 11) is 0. The van der Waals surface area contributed by atoms with E-state index in [9.17, 15) is 9.90 Å². The van der Waals surface area contributed by atoms with Gasteiger partial charge in [-0.15, -0.1) is 0 Å². The lowest BCUT2D eigenvalue weighted by Crippen LogP contribution is -2.31. The van der Waals surface area contributed by atoms with Gasteiger partial charge in [-0.25, -0.2) is 10.8 Å². The number of nitrogen functional groups attached to an aromatic ring is 1. The molecule has 4 N–H and O–H groups in total. The number of nitrogens with two attached hydrogens (primary N) is 1. The van der Waals surface area contributed by atoms with E-state index in [4.69, 9.17) is 5.84 Å². The number of nitrogens with zero attached hydrogens (tertiary/aromatic N) is 1. The van der Waals surface area contributed by atoms with E-state index in [0.29, 0.717) is 5.52 Å². The molecule has 0 saturated carbocycles. The number of benzene rings is 1. The number of hydrogen-bond acceptors (Lipinski definition) is 4. The normalized spacial score (nSPS) is 11.7. The van der Waals surface area contributed by atoms with Gasteiger partial charge in [0.2, 0.25) is 0 Å². The molecule has 2 aromatic rings. The Bertz CT molecular complexity index is 688. The van der Waals surface area contributed by atoms with Crippen LogP contribution in [0.5, 0.6) is 5.75 Å². The summed E-state index contributed by atoms with van der Waals surface area (Å²) in [5, 5.41) is 10.7. The van der Waals surface area contributed by atoms with E-state index in [1.165, 1.54) is 0 Å². The predicted molar refractivity (Wildman–Crippen MR) is 78.5 cm³/mol. The Balaban J connectivity index is 2.86. The zero-order chi connectivity index (χ0) is 15.1. The molecule has 5 heteroatoms. The largest absolute Gasteiger partial charge is 0.508 e. The van der Waals surface area contributed by atoms with Crippen molar-refractivity contribution in [2.24, 2.45) is 5.84 Å². The summed E-state index contributed by atoms with van der Waals surface area (Å²) in [6.07, 6.45) is 0. The molecular weight excluding hydrogens is 254 g/mol. The number of aromatic nitrogens is 1. The van der Waals surface area contributed by atoms with Crippen molar-refractivity contribution in [2.75, 3.05) is 0 Å². The number of aryl methyl sites for hydroxylation is 1. The summed E-state index contributed by atoms with van der Waals surface area (Å²) in [6.45, 7) is 7.99. The maximum atomic E-state index is 11.7. The Morgan fingerprint density at radius 3 is 2.50 bits per heavy atom. The van der Waals surface area contributed by atoms with E-state index < -0.39 is 5.91 Å². The summed E-state index contributed by atoms with van der Waals surface area (Å²) in [6, 6.07) is 5.02. The fourth-order valence-corrected chi connectivity index (χ4v) is 2.24. The quantitative estimate of drug-likeness (QED) is 0.422. The highest BCUT2D eigenvalue weighted by molar-refractivity contribution is 5.96. The van der Waals surface area contributed by atoms with Crippen LogP contribution in [0.15, 0.2) is 18.2 Å². The van der Waals surface area contributed by atoms with Gasteiger partial charge in [0.1, 0.15) is 11.4 Å². The summed E-state index contributed by atoms with van der Waals surface area (Å²) in [5.41, 5.74) is 4.64. The molecule has 0 fully saturated rings. The van der Waals surface area contributed by atoms with Gasteiger partial charge < -0.3 is 5.11 Å². The maximum Gasteiger partial charge on any atom is 0.283 e. The highest BCUT2D eigenvalue weighted by Crippen LogP contribution is 2.33. The van der Waals surface area contributed by atoms with Crippen molar-refractivity contribution in [3.8, 4) is 5.75 Å². The molecule has 0 aliphatic heterocycles. The van der Waals surface area contributed by atoms with E-state index >= 15 is 0 Å². The SMILES string of the molecule is Cc1cc(C(=O)NN)nc2c(C(C)(C)C)cc(O)cc12. The maximum absolute atomic E-state index is 11.7. The first-order valence-electron chi connectivity index (χ1n) is 6.40. The Hall–Kier alpha value is -2.14. The molecule has 1 aromatic carbocycles. The molecule has 0 atom stereocenters. The molecule has 0 aliphatic carbocycles. The molecule has 0 radical (unpaired) electrons. The second-order valence-electron chi connectivity index (χ2n) is 5.94. The van der Waals surface area contributed by atoms with E-state index in [2.05, 4.69) is 10.4 Å². The van der Waals surface area contributed by atoms with E-state index in [1.54, 1.807) is 18.2 Å². The van der Waals surface area contributed by atoms with Crippen molar-refractivity contribution < 1.29 is 9.90 Å². The van der Waals surface area contributed by atoms with Crippen LogP contribution in [0.2, 0.25) is 0 Å². The number of nitrogens with one attached hydrogen (secondary N) is 1. The highest BCUT2D eigenvalue weighted by atomic mass is 16.3. The van der Waals surface area contributed by atoms with Crippen molar-refractivity contribution in [1.82, 2.24) is 10.4 Å². The lowest BCUT2D eigenvalue weighted by Gasteiger charge is -2.22. The molecule has 0 aliphatic rings. The number of carbonyl (C=O) groups is 1. The molecule has 106 valence electrons. The summed E-state index contributed by atoms with van der Waals surface area (Å²) in [5.74, 6) is 4.94. The molecule has 1 aromatic heterocycles. The van der Waals surface area contributed by atoms with Gasteiger partial charge in [0.05, 0.1) is 5.52 Å². The zero-order valence-electron chi connectivity index (χ0n) is 12.1. The van der Waals surface area contributed by atoms with Crippen molar-refractivity contribution in [2.45, 2.75) is 33.1 Å². The van der Waals surface area contributed by atoms with Crippen LogP contribution in [0.4, 0.5) is 0 Å². The van der Waals surface area contributed by atoms with E-state index in [0.717, 1.165) is 16.5 Å². The van der Waals surface area contributed by atoms with Gasteiger partial charge in [-0.2, -0.15) is 0 Å². The Morgan fingerprint density at radius 2 is 1.95 bits per heavy atom. The molecule has 0 bridgehead atoms. The van der Waals surface area contributed by atoms with Crippen LogP contribution in [-0.2, 0) is 5.41 Å². The molecule has 5 nitrogen and oxygen atoms in total. The number of carbonyl (C=O) groups excluding carboxylic acids is 1. The number of hydrogen-bond donors (Lipinski definition) is 3. The van der Waals surface area contributed by atoms with Gasteiger partial charge in [0.25, 0.3) is 5.91 Å². The molecule has 0 saturated heterocycles. The number of aromatic hydroxyl groups is 1. The smallest absolute Gasteiger partial charge is 0.283 e. The highest BCUT2D eigenvalue weighted by Gasteiger charge is 2.21. The van der Waals surface area contributed by atoms with Crippen molar-refractivity contribution in [3.05, 3.63) is 35.0 Å². The van der Waals surface area contributed by atoms with Gasteiger partial charge in [-0.1, -0.05) is 20.8 Å². The molecule has 1 amide bonds. The van der Waals surface area contributed by atoms with Gasteiger partial charge in [0.15, 0.2) is 0 Å². The Morgan fingerprint density at radius 1 is 1.30 bits per heavy atom. The third-order valence-corrected chi connectivity index (χ3v) is 3.28. The van der Waals surface area contributed by atoms with Crippen LogP contribution in [0.3, 0.4) is 0 Å². The van der Waals surface area contributed by atoms with Gasteiger partial charge in [-0.05, 0) is 41.7 Å². The molecular formula is C15H19N3O2. The average Bonchev–Trinajstić information content (AvgIpc) is 2.36. The average molecular weight is 273 g/mol. The Labute approximate surface area is 117 Å². The summed E-state index contributed by atoms with van der Waals surface area (Å²) < 4.78 is 0. The van der Waals surface area contributed by atoms with Crippen LogP contribution < -0.4 is 11.3 Å². The number of pyridine rings is 1. The molecule has 1 heterocycles. The molecule has 20 heavy (non-hydrogen) atoms. The molecule has 2 rings (SSSR count). The molecule has 0 spiro atoms. The number of rotatable bonds is 1. The number of fused-ring (bicyclic) bond motifs is 1. The lowest BCUT2D eigenvalue weighted by atomic mass is 9.84. The Kier molecular flexibility index (Phi) is 3.39. The standard InChI is InChI=1S/C15H19N3O2/c1-8-5-12(14(20)18-16)17-13-10(8)6-9(19)7-11(13)15(2,3)4/h5-7,19H,16H2,1-4H3,(H,18,20). The summed E-state index contributed by atoms with van der Waals surface area (Å²) >= 11 is 0. The van der Waals surface area contributed by atoms with Gasteiger partial charge in [0, 0.05) is 5.39 Å². The summed E-state index contributed by atoms with van der Waals surface area (Å²) in [4.78, 5) is 16.1. The zero-order valence-corrected chi connectivity index (χ0v) is 12.1. The topological polar surface area (TPSA) is 88.2 Å². The minimum absolute atomic E-state index is 0.198. The van der Waals surface area contributed by atoms with Crippen LogP contribution >= 0.6 is 0 Å². The third-order valence-electron chi connectivity index (χ3n) is 3.28. The minimum atomic E-state index is -0.428. The third kappa shape index (κ3) is 2.44. The van der Waals surface area contributed by atoms with Gasteiger partial charge in [-0.3, -0.25) is 10.2 Å². The predicted octanol–water partition coefficient (Wildman–Crippen LogP) is 2.15. The fraction of sp³-hybridized carbons (Fsp3) is 0.333. The van der Waals surface area contributed by atoms with Crippen LogP contribution in [0.25, 0.3) is 10.9 Å². The van der Waals surface area contributed by atoms with Crippen LogP contribution in [-0.4, -0.2) is 16.0 Å². The van der Waals surface area contributed by atoms with Crippen LogP contribution in [0, 0.1) is 6.92 Å². The van der Waals surface area contributed by atoms with Gasteiger partial charge >= 0.3 is 0 Å². The first-order valence-corrected chi connectivity index (χ1v) is 6.40. The number of amides is 1. The lowest BCUT2D eigenvalue weighted by molar-refractivity contribution is 0.0949. The van der Waals surface area contributed by atoms with E-state index in [1.807, 2.05) is 27.7 Å². The second kappa shape index (κ2) is 4.76. The van der Waals surface area contributed by atoms with Crippen molar-refractivity contribution in [1.29, 1.82) is 0 Å². The first-order chi connectivity index (χ1) is 9.24. The number of phenols is 1. The number of phenolic OH excluding ortho intramolecular Hbond substituents is 1. The minimum Gasteiger partial charge on any atom is -0.508 e. The first kappa shape index (κ1) is 14.3. The van der Waals surface area contributed by atoms with Crippen molar-refractivity contribution in [3.63, 3.8) is 0 Å². The monoisotopic (exact) mass is 273 g/mol. The number of hydrazine groups is 1. The van der Waals surface area contributed by atoms with Crippen molar-refractivity contribution >= 4 is 16.8 Å². The second-order valence-corrected chi connectivity index (χ2v) is 5.94. The van der Waals surface area contributed by atoms with E-state index in [-0.39, 0.29) is 16.9 Å².